The quantitative estimate of drug-likeness (QED) is 0.307. The predicted octanol–water partition coefficient (Wildman–Crippen LogP) is 5.50. The summed E-state index contributed by atoms with van der Waals surface area (Å²) in [4.78, 5) is 27.5. The van der Waals surface area contributed by atoms with Crippen molar-refractivity contribution in [3.05, 3.63) is 86.7 Å². The van der Waals surface area contributed by atoms with Crippen molar-refractivity contribution in [3.63, 3.8) is 0 Å². The molecule has 0 unspecified atom stereocenters. The molecule has 0 spiro atoms. The highest BCUT2D eigenvalue weighted by molar-refractivity contribution is 7.80. The molecule has 0 atom stereocenters. The van der Waals surface area contributed by atoms with Gasteiger partial charge in [0.15, 0.2) is 5.11 Å². The number of anilines is 1. The highest BCUT2D eigenvalue weighted by Gasteiger charge is 2.35. The van der Waals surface area contributed by atoms with E-state index in [0.29, 0.717) is 16.3 Å². The van der Waals surface area contributed by atoms with E-state index in [2.05, 4.69) is 35.9 Å². The zero-order valence-electron chi connectivity index (χ0n) is 19.1. The number of benzene rings is 2. The lowest BCUT2D eigenvalue weighted by Crippen LogP contribution is -2.54. The van der Waals surface area contributed by atoms with Gasteiger partial charge in [-0.05, 0) is 99.4 Å². The fraction of sp³-hybridized carbons (Fsp3) is 0.192. The Balaban J connectivity index is 1.81. The van der Waals surface area contributed by atoms with Gasteiger partial charge in [-0.15, -0.1) is 0 Å². The third-order valence-corrected chi connectivity index (χ3v) is 6.86. The van der Waals surface area contributed by atoms with Gasteiger partial charge in [0.2, 0.25) is 0 Å². The number of hydrogen-bond donors (Lipinski definition) is 1. The van der Waals surface area contributed by atoms with Gasteiger partial charge in [-0.2, -0.15) is 0 Å². The number of carbonyl (C=O) groups is 2. The number of rotatable bonds is 3. The van der Waals surface area contributed by atoms with Crippen LogP contribution in [0.3, 0.4) is 0 Å². The minimum Gasteiger partial charge on any atom is -0.318 e. The summed E-state index contributed by atoms with van der Waals surface area (Å²) >= 11 is 11.6. The number of aryl methyl sites for hydroxylation is 2. The van der Waals surface area contributed by atoms with Gasteiger partial charge in [0.1, 0.15) is 5.57 Å². The molecule has 33 heavy (non-hydrogen) atoms. The van der Waals surface area contributed by atoms with Crippen molar-refractivity contribution < 1.29 is 9.59 Å². The van der Waals surface area contributed by atoms with E-state index < -0.39 is 11.8 Å². The molecule has 1 aromatic heterocycles. The zero-order chi connectivity index (χ0) is 24.0. The molecule has 0 radical (unpaired) electrons. The summed E-state index contributed by atoms with van der Waals surface area (Å²) in [7, 11) is 0. The van der Waals surface area contributed by atoms with Crippen LogP contribution in [0.15, 0.2) is 48.0 Å². The molecule has 0 bridgehead atoms. The van der Waals surface area contributed by atoms with Crippen molar-refractivity contribution in [1.29, 1.82) is 0 Å². The van der Waals surface area contributed by atoms with Gasteiger partial charge >= 0.3 is 0 Å². The Morgan fingerprint density at radius 2 is 1.61 bits per heavy atom. The SMILES string of the molecule is Cc1cccc(-n2c(C)cc(/C=C3\C(=O)NC(=S)N(c4cccc(Cl)c4C)C3=O)c2C)c1C. The van der Waals surface area contributed by atoms with Crippen molar-refractivity contribution in [3.8, 4) is 5.69 Å². The highest BCUT2D eigenvalue weighted by atomic mass is 35.5. The topological polar surface area (TPSA) is 54.3 Å². The summed E-state index contributed by atoms with van der Waals surface area (Å²) in [6.07, 6.45) is 1.64. The Labute approximate surface area is 203 Å². The van der Waals surface area contributed by atoms with Gasteiger partial charge in [0, 0.05) is 22.1 Å². The summed E-state index contributed by atoms with van der Waals surface area (Å²) in [5, 5.41) is 3.20. The first kappa shape index (κ1) is 23.0. The number of nitrogens with zero attached hydrogens (tertiary/aromatic N) is 2. The van der Waals surface area contributed by atoms with Gasteiger partial charge in [-0.3, -0.25) is 19.8 Å². The Morgan fingerprint density at radius 1 is 0.939 bits per heavy atom. The van der Waals surface area contributed by atoms with E-state index in [1.807, 2.05) is 32.9 Å². The van der Waals surface area contributed by atoms with Gasteiger partial charge in [0.25, 0.3) is 11.8 Å². The molecule has 2 amide bonds. The lowest BCUT2D eigenvalue weighted by atomic mass is 10.1. The van der Waals surface area contributed by atoms with E-state index in [1.54, 1.807) is 24.3 Å². The molecule has 7 heteroatoms. The molecule has 1 N–H and O–H groups in total. The number of carbonyl (C=O) groups excluding carboxylic acids is 2. The van der Waals surface area contributed by atoms with Crippen LogP contribution in [0.1, 0.15) is 33.6 Å². The van der Waals surface area contributed by atoms with E-state index in [-0.39, 0.29) is 10.7 Å². The van der Waals surface area contributed by atoms with Crippen molar-refractivity contribution in [1.82, 2.24) is 9.88 Å². The summed E-state index contributed by atoms with van der Waals surface area (Å²) in [5.41, 5.74) is 7.46. The van der Waals surface area contributed by atoms with Crippen LogP contribution >= 0.6 is 23.8 Å². The summed E-state index contributed by atoms with van der Waals surface area (Å²) in [6, 6.07) is 13.4. The minimum absolute atomic E-state index is 0.0178. The summed E-state index contributed by atoms with van der Waals surface area (Å²) < 4.78 is 2.14. The van der Waals surface area contributed by atoms with E-state index in [9.17, 15) is 9.59 Å². The van der Waals surface area contributed by atoms with E-state index in [4.69, 9.17) is 23.8 Å². The molecule has 4 rings (SSSR count). The molecular weight excluding hydrogens is 454 g/mol. The Kier molecular flexibility index (Phi) is 5.99. The first-order chi connectivity index (χ1) is 15.6. The van der Waals surface area contributed by atoms with Crippen molar-refractivity contribution >= 4 is 52.5 Å². The molecule has 1 aliphatic rings. The van der Waals surface area contributed by atoms with Crippen LogP contribution in [0.25, 0.3) is 11.8 Å². The Morgan fingerprint density at radius 3 is 2.33 bits per heavy atom. The highest BCUT2D eigenvalue weighted by Crippen LogP contribution is 2.31. The number of aromatic nitrogens is 1. The zero-order valence-corrected chi connectivity index (χ0v) is 20.7. The summed E-state index contributed by atoms with van der Waals surface area (Å²) in [5.74, 6) is -0.997. The van der Waals surface area contributed by atoms with Crippen LogP contribution < -0.4 is 10.2 Å². The maximum Gasteiger partial charge on any atom is 0.270 e. The van der Waals surface area contributed by atoms with Crippen molar-refractivity contribution in [2.24, 2.45) is 0 Å². The van der Waals surface area contributed by atoms with Crippen molar-refractivity contribution in [2.45, 2.75) is 34.6 Å². The fourth-order valence-corrected chi connectivity index (χ4v) is 4.60. The average Bonchev–Trinajstić information content (AvgIpc) is 3.03. The van der Waals surface area contributed by atoms with Gasteiger partial charge in [0.05, 0.1) is 5.69 Å². The molecule has 3 aromatic rings. The molecule has 1 saturated heterocycles. The average molecular weight is 478 g/mol. The maximum atomic E-state index is 13.4. The first-order valence-corrected chi connectivity index (χ1v) is 11.3. The molecule has 1 aliphatic heterocycles. The van der Waals surface area contributed by atoms with Crippen LogP contribution in [0.2, 0.25) is 5.02 Å². The number of nitrogens with one attached hydrogen (secondary N) is 1. The van der Waals surface area contributed by atoms with Crippen LogP contribution in [0.4, 0.5) is 5.69 Å². The first-order valence-electron chi connectivity index (χ1n) is 10.5. The van der Waals surface area contributed by atoms with Crippen LogP contribution in [-0.4, -0.2) is 21.5 Å². The standard InChI is InChI=1S/C26H24ClN3O2S/c1-14-8-6-10-22(16(14)3)29-15(2)12-19(18(29)5)13-20-24(31)28-26(33)30(25(20)32)23-11-7-9-21(27)17(23)4/h6-13H,1-5H3,(H,28,31,33)/b20-13+. The molecule has 2 heterocycles. The smallest absolute Gasteiger partial charge is 0.270 e. The second-order valence-corrected chi connectivity index (χ2v) is 9.02. The molecule has 5 nitrogen and oxygen atoms in total. The van der Waals surface area contributed by atoms with E-state index in [0.717, 1.165) is 22.6 Å². The minimum atomic E-state index is -0.516. The number of hydrogen-bond acceptors (Lipinski definition) is 3. The molecular formula is C26H24ClN3O2S. The van der Waals surface area contributed by atoms with Gasteiger partial charge < -0.3 is 4.57 Å². The Hall–Kier alpha value is -3.22. The maximum absolute atomic E-state index is 13.4. The van der Waals surface area contributed by atoms with Gasteiger partial charge in [-0.1, -0.05) is 29.8 Å². The predicted molar refractivity (Wildman–Crippen MR) is 137 cm³/mol. The second-order valence-electron chi connectivity index (χ2n) is 8.22. The lowest BCUT2D eigenvalue weighted by molar-refractivity contribution is -0.122. The van der Waals surface area contributed by atoms with Crippen LogP contribution in [-0.2, 0) is 9.59 Å². The van der Waals surface area contributed by atoms with Crippen LogP contribution in [0.5, 0.6) is 0 Å². The third-order valence-electron chi connectivity index (χ3n) is 6.17. The molecule has 0 saturated carbocycles. The fourth-order valence-electron chi connectivity index (χ4n) is 4.15. The molecule has 2 aromatic carbocycles. The second kappa shape index (κ2) is 8.61. The molecule has 0 aliphatic carbocycles. The number of amides is 2. The van der Waals surface area contributed by atoms with Gasteiger partial charge in [-0.25, -0.2) is 0 Å². The molecule has 1 fully saturated rings. The Bertz CT molecular complexity index is 1370. The normalized spacial score (nSPS) is 15.4. The summed E-state index contributed by atoms with van der Waals surface area (Å²) in [6.45, 7) is 9.97. The van der Waals surface area contributed by atoms with Crippen LogP contribution in [0, 0.1) is 34.6 Å². The van der Waals surface area contributed by atoms with E-state index >= 15 is 0 Å². The van der Waals surface area contributed by atoms with Crippen molar-refractivity contribution in [2.75, 3.05) is 4.90 Å². The third kappa shape index (κ3) is 3.90. The largest absolute Gasteiger partial charge is 0.318 e. The monoisotopic (exact) mass is 477 g/mol. The van der Waals surface area contributed by atoms with E-state index in [1.165, 1.54) is 16.0 Å². The number of thiocarbonyl (C=S) groups is 1. The number of halogens is 1. The lowest BCUT2D eigenvalue weighted by Gasteiger charge is -2.30. The molecule has 168 valence electrons.